The van der Waals surface area contributed by atoms with Crippen LogP contribution in [0.5, 0.6) is 0 Å². The molecule has 1 fully saturated rings. The summed E-state index contributed by atoms with van der Waals surface area (Å²) in [5.74, 6) is 1.24. The van der Waals surface area contributed by atoms with Gasteiger partial charge in [-0.2, -0.15) is 0 Å². The van der Waals surface area contributed by atoms with Crippen LogP contribution in [0.2, 0.25) is 0 Å². The molecule has 2 N–H and O–H groups in total. The highest BCUT2D eigenvalue weighted by Gasteiger charge is 2.25. The fraction of sp³-hybridized carbons (Fsp3) is 0.500. The van der Waals surface area contributed by atoms with E-state index in [0.29, 0.717) is 18.9 Å². The Kier molecular flexibility index (Phi) is 4.94. The average molecular weight is 328 g/mol. The van der Waals surface area contributed by atoms with Crippen LogP contribution in [0.4, 0.5) is 0 Å². The van der Waals surface area contributed by atoms with Gasteiger partial charge in [-0.3, -0.25) is 9.78 Å². The number of nitrogens with two attached hydrogens (primary N) is 1. The Bertz CT molecular complexity index is 689. The van der Waals surface area contributed by atoms with Crippen LogP contribution in [-0.2, 0) is 4.79 Å². The summed E-state index contributed by atoms with van der Waals surface area (Å²) < 4.78 is 5.23. The van der Waals surface area contributed by atoms with Crippen molar-refractivity contribution in [3.8, 4) is 11.1 Å². The highest BCUT2D eigenvalue weighted by molar-refractivity contribution is 5.76. The minimum atomic E-state index is 0.148. The number of aromatic nitrogens is 2. The van der Waals surface area contributed by atoms with Crippen LogP contribution in [0.25, 0.3) is 11.1 Å². The van der Waals surface area contributed by atoms with E-state index >= 15 is 0 Å². The summed E-state index contributed by atoms with van der Waals surface area (Å²) in [6.45, 7) is 5.81. The van der Waals surface area contributed by atoms with E-state index in [1.165, 1.54) is 0 Å². The first-order chi connectivity index (χ1) is 11.6. The van der Waals surface area contributed by atoms with Crippen LogP contribution in [0, 0.1) is 13.8 Å². The highest BCUT2D eigenvalue weighted by Crippen LogP contribution is 2.29. The zero-order chi connectivity index (χ0) is 17.1. The highest BCUT2D eigenvalue weighted by atomic mass is 16.5. The van der Waals surface area contributed by atoms with E-state index in [1.54, 1.807) is 0 Å². The van der Waals surface area contributed by atoms with Crippen molar-refractivity contribution in [1.29, 1.82) is 0 Å². The van der Waals surface area contributed by atoms with Crippen LogP contribution < -0.4 is 5.73 Å². The average Bonchev–Trinajstić information content (AvgIpc) is 2.94. The maximum atomic E-state index is 12.1. The van der Waals surface area contributed by atoms with Gasteiger partial charge in [-0.1, -0.05) is 11.2 Å². The molecule has 128 valence electrons. The zero-order valence-electron chi connectivity index (χ0n) is 14.3. The first kappa shape index (κ1) is 16.6. The Hall–Kier alpha value is -2.21. The first-order valence-corrected chi connectivity index (χ1v) is 8.47. The Morgan fingerprint density at radius 1 is 1.42 bits per heavy atom. The molecule has 1 atom stereocenters. The summed E-state index contributed by atoms with van der Waals surface area (Å²) in [5.41, 5.74) is 9.43. The predicted octanol–water partition coefficient (Wildman–Crippen LogP) is 2.41. The number of amides is 1. The molecule has 0 bridgehead atoms. The minimum absolute atomic E-state index is 0.148. The molecule has 2 aromatic rings. The Labute approximate surface area is 142 Å². The number of hydrogen-bond acceptors (Lipinski definition) is 5. The number of rotatable bonds is 4. The minimum Gasteiger partial charge on any atom is -0.361 e. The summed E-state index contributed by atoms with van der Waals surface area (Å²) >= 11 is 0. The van der Waals surface area contributed by atoms with Gasteiger partial charge in [0.05, 0.1) is 5.69 Å². The van der Waals surface area contributed by atoms with Crippen molar-refractivity contribution in [2.75, 3.05) is 19.6 Å². The monoisotopic (exact) mass is 328 g/mol. The molecule has 24 heavy (non-hydrogen) atoms. The van der Waals surface area contributed by atoms with Crippen LogP contribution >= 0.6 is 0 Å². The summed E-state index contributed by atoms with van der Waals surface area (Å²) in [5, 5.41) is 3.99. The van der Waals surface area contributed by atoms with Gasteiger partial charge in [0.2, 0.25) is 5.91 Å². The Balaban J connectivity index is 1.75. The largest absolute Gasteiger partial charge is 0.361 e. The quantitative estimate of drug-likeness (QED) is 0.931. The van der Waals surface area contributed by atoms with E-state index in [2.05, 4.69) is 22.3 Å². The van der Waals surface area contributed by atoms with E-state index < -0.39 is 0 Å². The van der Waals surface area contributed by atoms with Crippen molar-refractivity contribution >= 4 is 5.91 Å². The summed E-state index contributed by atoms with van der Waals surface area (Å²) in [6.07, 6.45) is 4.37. The molecule has 1 saturated heterocycles. The molecular formula is C18H24N4O2. The maximum Gasteiger partial charge on any atom is 0.223 e. The van der Waals surface area contributed by atoms with E-state index in [4.69, 9.17) is 10.3 Å². The molecule has 6 heteroatoms. The SMILES string of the molecule is Cc1noc(C)c1-c1ccc([C@@H]2CCCN(C(=O)CCN)C2)nc1. The van der Waals surface area contributed by atoms with Crippen LogP contribution in [0.1, 0.15) is 42.3 Å². The van der Waals surface area contributed by atoms with Crippen molar-refractivity contribution < 1.29 is 9.32 Å². The van der Waals surface area contributed by atoms with Crippen LogP contribution in [0.3, 0.4) is 0 Å². The number of piperidine rings is 1. The van der Waals surface area contributed by atoms with E-state index in [0.717, 1.165) is 54.2 Å². The zero-order valence-corrected chi connectivity index (χ0v) is 14.3. The van der Waals surface area contributed by atoms with E-state index in [1.807, 2.05) is 24.9 Å². The van der Waals surface area contributed by atoms with E-state index in [-0.39, 0.29) is 5.91 Å². The van der Waals surface area contributed by atoms with Gasteiger partial charge in [0.25, 0.3) is 0 Å². The molecule has 1 aliphatic rings. The van der Waals surface area contributed by atoms with Crippen molar-refractivity contribution in [2.24, 2.45) is 5.73 Å². The molecule has 1 amide bonds. The summed E-state index contributed by atoms with van der Waals surface area (Å²) in [4.78, 5) is 18.6. The van der Waals surface area contributed by atoms with Crippen molar-refractivity contribution in [3.05, 3.63) is 35.5 Å². The maximum absolute atomic E-state index is 12.1. The number of pyridine rings is 1. The molecule has 0 saturated carbocycles. The third-order valence-corrected chi connectivity index (χ3v) is 4.66. The molecule has 2 aromatic heterocycles. The molecular weight excluding hydrogens is 304 g/mol. The molecule has 0 unspecified atom stereocenters. The smallest absolute Gasteiger partial charge is 0.223 e. The van der Waals surface area contributed by atoms with Gasteiger partial charge >= 0.3 is 0 Å². The molecule has 3 rings (SSSR count). The second kappa shape index (κ2) is 7.13. The van der Waals surface area contributed by atoms with Gasteiger partial charge < -0.3 is 15.2 Å². The lowest BCUT2D eigenvalue weighted by atomic mass is 9.93. The van der Waals surface area contributed by atoms with Crippen molar-refractivity contribution in [3.63, 3.8) is 0 Å². The van der Waals surface area contributed by atoms with Gasteiger partial charge in [-0.25, -0.2) is 0 Å². The van der Waals surface area contributed by atoms with Gasteiger partial charge in [0.1, 0.15) is 5.76 Å². The fourth-order valence-corrected chi connectivity index (χ4v) is 3.42. The van der Waals surface area contributed by atoms with Crippen molar-refractivity contribution in [1.82, 2.24) is 15.0 Å². The lowest BCUT2D eigenvalue weighted by Crippen LogP contribution is -2.40. The number of likely N-dealkylation sites (tertiary alicyclic amines) is 1. The lowest BCUT2D eigenvalue weighted by molar-refractivity contribution is -0.132. The Morgan fingerprint density at radius 2 is 2.25 bits per heavy atom. The molecule has 0 aromatic carbocycles. The summed E-state index contributed by atoms with van der Waals surface area (Å²) in [7, 11) is 0. The molecule has 3 heterocycles. The second-order valence-corrected chi connectivity index (χ2v) is 6.39. The third-order valence-electron chi connectivity index (χ3n) is 4.66. The molecule has 0 spiro atoms. The van der Waals surface area contributed by atoms with Gasteiger partial charge in [0, 0.05) is 55.0 Å². The topological polar surface area (TPSA) is 85.2 Å². The fourth-order valence-electron chi connectivity index (χ4n) is 3.42. The second-order valence-electron chi connectivity index (χ2n) is 6.39. The lowest BCUT2D eigenvalue weighted by Gasteiger charge is -2.32. The standard InChI is InChI=1S/C18H24N4O2/c1-12-18(13(2)24-21-12)14-5-6-16(20-10-14)15-4-3-9-22(11-15)17(23)7-8-19/h5-6,10,15H,3-4,7-9,11,19H2,1-2H3/t15-/m1/s1. The number of carbonyl (C=O) groups excluding carboxylic acids is 1. The molecule has 0 aliphatic carbocycles. The Morgan fingerprint density at radius 3 is 2.88 bits per heavy atom. The molecule has 0 radical (unpaired) electrons. The first-order valence-electron chi connectivity index (χ1n) is 8.47. The van der Waals surface area contributed by atoms with E-state index in [9.17, 15) is 4.79 Å². The number of carbonyl (C=O) groups is 1. The van der Waals surface area contributed by atoms with Gasteiger partial charge in [0.15, 0.2) is 0 Å². The third kappa shape index (κ3) is 3.33. The summed E-state index contributed by atoms with van der Waals surface area (Å²) in [6, 6.07) is 4.12. The molecule has 1 aliphatic heterocycles. The number of aryl methyl sites for hydroxylation is 2. The predicted molar refractivity (Wildman–Crippen MR) is 91.4 cm³/mol. The van der Waals surface area contributed by atoms with Gasteiger partial charge in [-0.05, 0) is 32.8 Å². The normalized spacial score (nSPS) is 18.0. The van der Waals surface area contributed by atoms with Crippen LogP contribution in [-0.4, -0.2) is 40.6 Å². The van der Waals surface area contributed by atoms with Crippen LogP contribution in [0.15, 0.2) is 22.9 Å². The number of nitrogens with zero attached hydrogens (tertiary/aromatic N) is 3. The molecule has 6 nitrogen and oxygen atoms in total. The van der Waals surface area contributed by atoms with Gasteiger partial charge in [-0.15, -0.1) is 0 Å². The van der Waals surface area contributed by atoms with Crippen molar-refractivity contribution in [2.45, 2.75) is 39.0 Å². The number of hydrogen-bond donors (Lipinski definition) is 1.